The number of hydrogen-bond donors (Lipinski definition) is 1. The number of anilines is 1. The first-order valence-corrected chi connectivity index (χ1v) is 17.4. The van der Waals surface area contributed by atoms with E-state index in [9.17, 15) is 18.5 Å². The van der Waals surface area contributed by atoms with Crippen molar-refractivity contribution in [3.8, 4) is 6.07 Å². The molecular weight excluding hydrogens is 586 g/mol. The van der Waals surface area contributed by atoms with E-state index in [2.05, 4.69) is 38.3 Å². The van der Waals surface area contributed by atoms with E-state index in [1.165, 1.54) is 24.5 Å². The molecule has 0 unspecified atom stereocenters. The lowest BCUT2D eigenvalue weighted by Crippen LogP contribution is -2.54. The smallest absolute Gasteiger partial charge is 0.407 e. The van der Waals surface area contributed by atoms with E-state index in [0.717, 1.165) is 76.1 Å². The Bertz CT molecular complexity index is 1600. The van der Waals surface area contributed by atoms with Crippen molar-refractivity contribution in [3.63, 3.8) is 0 Å². The van der Waals surface area contributed by atoms with E-state index in [-0.39, 0.29) is 27.7 Å². The second-order valence-electron chi connectivity index (χ2n) is 12.6. The number of rotatable bonds is 9. The summed E-state index contributed by atoms with van der Waals surface area (Å²) < 4.78 is 31.7. The normalized spacial score (nSPS) is 22.6. The number of pyridine rings is 1. The van der Waals surface area contributed by atoms with E-state index in [1.807, 2.05) is 30.3 Å². The van der Waals surface area contributed by atoms with Gasteiger partial charge < -0.3 is 19.9 Å². The van der Waals surface area contributed by atoms with Gasteiger partial charge >= 0.3 is 6.09 Å². The molecule has 0 spiro atoms. The van der Waals surface area contributed by atoms with Gasteiger partial charge in [0.2, 0.25) is 9.84 Å². The van der Waals surface area contributed by atoms with Crippen molar-refractivity contribution in [1.82, 2.24) is 15.2 Å². The van der Waals surface area contributed by atoms with Crippen LogP contribution in [-0.2, 0) is 20.0 Å². The monoisotopic (exact) mass is 627 g/mol. The highest BCUT2D eigenvalue weighted by Crippen LogP contribution is 2.51. The van der Waals surface area contributed by atoms with E-state index >= 15 is 0 Å². The lowest BCUT2D eigenvalue weighted by Gasteiger charge is -2.47. The molecule has 45 heavy (non-hydrogen) atoms. The number of carbonyl (C=O) groups is 1. The van der Waals surface area contributed by atoms with Gasteiger partial charge in [0, 0.05) is 56.6 Å². The van der Waals surface area contributed by atoms with Gasteiger partial charge in [-0.2, -0.15) is 5.26 Å². The van der Waals surface area contributed by atoms with Crippen LogP contribution in [0, 0.1) is 29.1 Å². The van der Waals surface area contributed by atoms with Gasteiger partial charge in [0.05, 0.1) is 21.3 Å². The molecule has 3 fully saturated rings. The number of nitrogens with one attached hydrogen (secondary N) is 1. The zero-order chi connectivity index (χ0) is 31.4. The van der Waals surface area contributed by atoms with Crippen molar-refractivity contribution < 1.29 is 17.9 Å². The summed E-state index contributed by atoms with van der Waals surface area (Å²) in [6.45, 7) is 4.75. The summed E-state index contributed by atoms with van der Waals surface area (Å²) in [4.78, 5) is 21.5. The van der Waals surface area contributed by atoms with E-state index in [0.29, 0.717) is 5.92 Å². The molecule has 1 saturated carbocycles. The molecule has 2 aliphatic heterocycles. The molecule has 3 atom stereocenters. The third-order valence-electron chi connectivity index (χ3n) is 10.1. The predicted octanol–water partition coefficient (Wildman–Crippen LogP) is 5.05. The number of alkyl carbamates (subject to hydrolysis) is 1. The van der Waals surface area contributed by atoms with Crippen LogP contribution in [0.15, 0.2) is 88.9 Å². The number of piperidine rings is 1. The van der Waals surface area contributed by atoms with Gasteiger partial charge in [-0.15, -0.1) is 0 Å². The number of ether oxygens (including phenoxy) is 1. The van der Waals surface area contributed by atoms with Crippen molar-refractivity contribution in [2.75, 3.05) is 44.7 Å². The lowest BCUT2D eigenvalue weighted by molar-refractivity contribution is 0.0307. The largest absolute Gasteiger partial charge is 0.446 e. The summed E-state index contributed by atoms with van der Waals surface area (Å²) in [6, 6.07) is 23.2. The number of likely N-dealkylation sites (tertiary alicyclic amines) is 1. The van der Waals surface area contributed by atoms with Gasteiger partial charge in [-0.05, 0) is 93.1 Å². The van der Waals surface area contributed by atoms with Crippen molar-refractivity contribution in [1.29, 1.82) is 5.26 Å². The van der Waals surface area contributed by atoms with Crippen LogP contribution in [0.25, 0.3) is 0 Å². The van der Waals surface area contributed by atoms with Crippen LogP contribution in [0.4, 0.5) is 10.5 Å². The first-order valence-electron chi connectivity index (χ1n) is 15.9. The highest BCUT2D eigenvalue weighted by atomic mass is 32.2. The molecule has 1 N–H and O–H groups in total. The second kappa shape index (κ2) is 13.2. The number of nitrogens with zero attached hydrogens (tertiary/aromatic N) is 4. The molecule has 3 aromatic rings. The van der Waals surface area contributed by atoms with Gasteiger partial charge in [-0.25, -0.2) is 13.2 Å². The first kappa shape index (κ1) is 31.1. The van der Waals surface area contributed by atoms with Crippen LogP contribution >= 0.6 is 0 Å². The fourth-order valence-electron chi connectivity index (χ4n) is 7.81. The number of hydrogen-bond acceptors (Lipinski definition) is 8. The SMILES string of the molecule is CNC(=O)O[C@H]1CCC[C@H]1[C@](C#N)(c1ccccc1)C1CCN(CC2CN(c3ccc(S(=O)(=O)c4ccncc4)cc3)C2)CC1. The van der Waals surface area contributed by atoms with Crippen LogP contribution in [0.1, 0.15) is 37.7 Å². The maximum Gasteiger partial charge on any atom is 0.407 e. The Kier molecular flexibility index (Phi) is 9.11. The molecule has 3 heterocycles. The highest BCUT2D eigenvalue weighted by molar-refractivity contribution is 7.91. The zero-order valence-electron chi connectivity index (χ0n) is 25.7. The average molecular weight is 628 g/mol. The third kappa shape index (κ3) is 6.16. The number of aromatic nitrogens is 1. The second-order valence-corrected chi connectivity index (χ2v) is 14.6. The Morgan fingerprint density at radius 2 is 1.64 bits per heavy atom. The predicted molar refractivity (Wildman–Crippen MR) is 171 cm³/mol. The van der Waals surface area contributed by atoms with Crippen LogP contribution in [0.3, 0.4) is 0 Å². The third-order valence-corrected chi connectivity index (χ3v) is 11.9. The van der Waals surface area contributed by atoms with Crippen LogP contribution < -0.4 is 10.2 Å². The molecule has 9 nitrogen and oxygen atoms in total. The van der Waals surface area contributed by atoms with Crippen LogP contribution in [-0.4, -0.2) is 70.3 Å². The summed E-state index contributed by atoms with van der Waals surface area (Å²) in [5.74, 6) is 0.682. The number of sulfone groups is 1. The molecular formula is C35H41N5O4S. The molecule has 0 radical (unpaired) electrons. The minimum atomic E-state index is -3.56. The molecule has 0 bridgehead atoms. The quantitative estimate of drug-likeness (QED) is 0.351. The molecule has 236 valence electrons. The minimum absolute atomic E-state index is 0.0370. The van der Waals surface area contributed by atoms with Crippen LogP contribution in [0.2, 0.25) is 0 Å². The Morgan fingerprint density at radius 1 is 0.978 bits per heavy atom. The number of nitriles is 1. The van der Waals surface area contributed by atoms with Gasteiger partial charge in [0.25, 0.3) is 0 Å². The van der Waals surface area contributed by atoms with Gasteiger partial charge in [0.15, 0.2) is 0 Å². The summed E-state index contributed by atoms with van der Waals surface area (Å²) in [5, 5.41) is 13.5. The Labute approximate surface area is 266 Å². The standard InChI is InChI=1S/C35H41N5O4S/c1-37-34(41)44-33-9-5-8-32(33)35(25-36,27-6-3-2-4-7-27)28-16-20-39(21-17-28)22-26-23-40(24-26)29-10-12-30(13-11-29)45(42,43)31-14-18-38-19-15-31/h2-4,6-7,10-15,18-19,26,28,32-33H,5,8-9,16-17,20-24H2,1H3,(H,37,41)/t32-,33+,35-/m1/s1. The topological polar surface area (TPSA) is 116 Å². The van der Waals surface area contributed by atoms with Crippen LogP contribution in [0.5, 0.6) is 0 Å². The number of amides is 1. The van der Waals surface area contributed by atoms with E-state index in [4.69, 9.17) is 4.74 Å². The molecule has 6 rings (SSSR count). The molecule has 1 amide bonds. The summed E-state index contributed by atoms with van der Waals surface area (Å²) in [7, 11) is -1.99. The summed E-state index contributed by atoms with van der Waals surface area (Å²) in [5.41, 5.74) is 1.37. The summed E-state index contributed by atoms with van der Waals surface area (Å²) >= 11 is 0. The highest BCUT2D eigenvalue weighted by Gasteiger charge is 2.53. The minimum Gasteiger partial charge on any atom is -0.446 e. The lowest BCUT2D eigenvalue weighted by atomic mass is 9.59. The maximum atomic E-state index is 12.9. The molecule has 2 saturated heterocycles. The molecule has 10 heteroatoms. The molecule has 3 aliphatic rings. The first-order chi connectivity index (χ1) is 21.8. The van der Waals surface area contributed by atoms with E-state index < -0.39 is 21.3 Å². The van der Waals surface area contributed by atoms with Crippen molar-refractivity contribution >= 4 is 21.6 Å². The maximum absolute atomic E-state index is 12.9. The Hall–Kier alpha value is -3.94. The Balaban J connectivity index is 1.07. The van der Waals surface area contributed by atoms with Gasteiger partial charge in [-0.1, -0.05) is 30.3 Å². The van der Waals surface area contributed by atoms with Gasteiger partial charge in [0.1, 0.15) is 6.10 Å². The average Bonchev–Trinajstić information content (AvgIpc) is 3.53. The molecule has 1 aromatic heterocycles. The van der Waals surface area contributed by atoms with Gasteiger partial charge in [-0.3, -0.25) is 4.98 Å². The molecule has 2 aromatic carbocycles. The summed E-state index contributed by atoms with van der Waals surface area (Å²) in [6.07, 6.45) is 6.74. The Morgan fingerprint density at radius 3 is 2.29 bits per heavy atom. The fraction of sp³-hybridized carbons (Fsp3) is 0.457. The zero-order valence-corrected chi connectivity index (χ0v) is 26.5. The number of benzene rings is 2. The molecule has 1 aliphatic carbocycles. The number of carbonyl (C=O) groups excluding carboxylic acids is 1. The van der Waals surface area contributed by atoms with Crippen molar-refractivity contribution in [2.24, 2.45) is 17.8 Å². The fourth-order valence-corrected chi connectivity index (χ4v) is 9.06. The van der Waals surface area contributed by atoms with E-state index in [1.54, 1.807) is 19.2 Å². The van der Waals surface area contributed by atoms with Crippen molar-refractivity contribution in [3.05, 3.63) is 84.7 Å². The van der Waals surface area contributed by atoms with Crippen molar-refractivity contribution in [2.45, 2.75) is 53.4 Å².